The highest BCUT2D eigenvalue weighted by molar-refractivity contribution is 7.89. The van der Waals surface area contributed by atoms with Crippen molar-refractivity contribution in [2.24, 2.45) is 5.92 Å². The molecule has 0 radical (unpaired) electrons. The highest BCUT2D eigenvalue weighted by Gasteiger charge is 2.30. The summed E-state index contributed by atoms with van der Waals surface area (Å²) < 4.78 is 24.9. The van der Waals surface area contributed by atoms with Gasteiger partial charge < -0.3 is 5.32 Å². The van der Waals surface area contributed by atoms with E-state index in [-0.39, 0.29) is 24.0 Å². The number of hydrogen-bond donors (Lipinski definition) is 1. The van der Waals surface area contributed by atoms with E-state index in [1.165, 1.54) is 4.31 Å². The summed E-state index contributed by atoms with van der Waals surface area (Å²) in [5.41, 5.74) is 0. The van der Waals surface area contributed by atoms with Gasteiger partial charge in [0.2, 0.25) is 15.9 Å². The predicted octanol–water partition coefficient (Wildman–Crippen LogP) is 0.922. The number of rotatable bonds is 6. The summed E-state index contributed by atoms with van der Waals surface area (Å²) in [6, 6.07) is -0.554. The molecule has 1 amide bonds. The number of nitrogens with one attached hydrogen (secondary N) is 1. The van der Waals surface area contributed by atoms with E-state index in [4.69, 9.17) is 0 Å². The normalized spacial score (nSPS) is 21.3. The lowest BCUT2D eigenvalue weighted by Gasteiger charge is -2.18. The Hall–Kier alpha value is -0.950. The molecule has 1 N–H and O–H groups in total. The van der Waals surface area contributed by atoms with Crippen molar-refractivity contribution in [3.8, 4) is 0 Å². The summed E-state index contributed by atoms with van der Waals surface area (Å²) in [4.78, 5) is 24.0. The highest BCUT2D eigenvalue weighted by atomic mass is 32.2. The Labute approximate surface area is 127 Å². The van der Waals surface area contributed by atoms with Crippen LogP contribution in [-0.2, 0) is 19.6 Å². The molecule has 0 bridgehead atoms. The van der Waals surface area contributed by atoms with Gasteiger partial charge in [-0.15, -0.1) is 0 Å². The molecule has 7 heteroatoms. The van der Waals surface area contributed by atoms with E-state index in [9.17, 15) is 18.0 Å². The summed E-state index contributed by atoms with van der Waals surface area (Å²) in [6.45, 7) is 5.86. The number of nitrogens with zero attached hydrogens (tertiary/aromatic N) is 1. The Morgan fingerprint density at radius 2 is 2.10 bits per heavy atom. The molecule has 21 heavy (non-hydrogen) atoms. The zero-order chi connectivity index (χ0) is 16.0. The molecule has 1 saturated heterocycles. The summed E-state index contributed by atoms with van der Waals surface area (Å²) in [7, 11) is -3.35. The SMILES string of the molecule is CCS(=O)(=O)N1CCC[C@H](NC(=O)CCC(C)C)C(=O)C1. The summed E-state index contributed by atoms with van der Waals surface area (Å²) in [5, 5.41) is 2.74. The average Bonchev–Trinajstić information content (AvgIpc) is 2.59. The Bertz CT molecular complexity index is 473. The van der Waals surface area contributed by atoms with Crippen LogP contribution in [0.2, 0.25) is 0 Å². The molecule has 1 fully saturated rings. The molecule has 1 rings (SSSR count). The fraction of sp³-hybridized carbons (Fsp3) is 0.857. The molecular formula is C14H26N2O4S. The molecule has 0 aromatic carbocycles. The van der Waals surface area contributed by atoms with Gasteiger partial charge in [-0.2, -0.15) is 4.31 Å². The molecule has 0 aliphatic carbocycles. The van der Waals surface area contributed by atoms with Crippen molar-refractivity contribution in [3.63, 3.8) is 0 Å². The minimum absolute atomic E-state index is 0.00824. The second-order valence-corrected chi connectivity index (χ2v) is 8.15. The van der Waals surface area contributed by atoms with Crippen LogP contribution >= 0.6 is 0 Å². The first-order chi connectivity index (χ1) is 9.76. The van der Waals surface area contributed by atoms with Crippen molar-refractivity contribution >= 4 is 21.7 Å². The number of carbonyl (C=O) groups excluding carboxylic acids is 2. The summed E-state index contributed by atoms with van der Waals surface area (Å²) in [5.74, 6) is 0.0770. The molecule has 122 valence electrons. The highest BCUT2D eigenvalue weighted by Crippen LogP contribution is 2.13. The van der Waals surface area contributed by atoms with Crippen molar-refractivity contribution in [2.45, 2.75) is 52.5 Å². The van der Waals surface area contributed by atoms with E-state index < -0.39 is 16.1 Å². The molecule has 0 spiro atoms. The Balaban J connectivity index is 2.59. The van der Waals surface area contributed by atoms with Gasteiger partial charge in [-0.25, -0.2) is 8.42 Å². The molecule has 0 aromatic rings. The average molecular weight is 318 g/mol. The van der Waals surface area contributed by atoms with Crippen LogP contribution in [-0.4, -0.2) is 49.3 Å². The van der Waals surface area contributed by atoms with Gasteiger partial charge in [-0.1, -0.05) is 13.8 Å². The Morgan fingerprint density at radius 3 is 2.67 bits per heavy atom. The van der Waals surface area contributed by atoms with Crippen LogP contribution in [0.5, 0.6) is 0 Å². The summed E-state index contributed by atoms with van der Waals surface area (Å²) in [6.07, 6.45) is 2.27. The van der Waals surface area contributed by atoms with Gasteiger partial charge in [-0.3, -0.25) is 9.59 Å². The zero-order valence-corrected chi connectivity index (χ0v) is 13.9. The Morgan fingerprint density at radius 1 is 1.43 bits per heavy atom. The molecule has 6 nitrogen and oxygen atoms in total. The van der Waals surface area contributed by atoms with Gasteiger partial charge in [-0.05, 0) is 32.1 Å². The van der Waals surface area contributed by atoms with Crippen LogP contribution in [0.3, 0.4) is 0 Å². The smallest absolute Gasteiger partial charge is 0.220 e. The maximum atomic E-state index is 12.1. The molecule has 0 saturated carbocycles. The lowest BCUT2D eigenvalue weighted by molar-refractivity contribution is -0.127. The molecule has 1 atom stereocenters. The van der Waals surface area contributed by atoms with Crippen molar-refractivity contribution in [1.82, 2.24) is 9.62 Å². The third-order valence-corrected chi connectivity index (χ3v) is 5.49. The first kappa shape index (κ1) is 18.1. The van der Waals surface area contributed by atoms with Crippen LogP contribution in [0, 0.1) is 5.92 Å². The first-order valence-corrected chi connectivity index (χ1v) is 9.17. The number of sulfonamides is 1. The summed E-state index contributed by atoms with van der Waals surface area (Å²) >= 11 is 0. The second kappa shape index (κ2) is 7.89. The molecule has 0 unspecified atom stereocenters. The third kappa shape index (κ3) is 5.74. The van der Waals surface area contributed by atoms with Crippen molar-refractivity contribution < 1.29 is 18.0 Å². The quantitative estimate of drug-likeness (QED) is 0.789. The minimum Gasteiger partial charge on any atom is -0.346 e. The molecule has 0 aromatic heterocycles. The van der Waals surface area contributed by atoms with Gasteiger partial charge in [0, 0.05) is 13.0 Å². The second-order valence-electron chi connectivity index (χ2n) is 5.90. The van der Waals surface area contributed by atoms with E-state index in [1.807, 2.05) is 13.8 Å². The molecular weight excluding hydrogens is 292 g/mol. The molecule has 1 aliphatic heterocycles. The zero-order valence-electron chi connectivity index (χ0n) is 13.1. The van der Waals surface area contributed by atoms with E-state index >= 15 is 0 Å². The standard InChI is InChI=1S/C14H26N2O4S/c1-4-21(19,20)16-9-5-6-12(13(17)10-16)15-14(18)8-7-11(2)3/h11-12H,4-10H2,1-3H3,(H,15,18)/t12-/m0/s1. The predicted molar refractivity (Wildman–Crippen MR) is 81.3 cm³/mol. The fourth-order valence-corrected chi connectivity index (χ4v) is 3.35. The number of Topliss-reactive ketones (excluding diaryl/α,β-unsaturated/α-hetero) is 1. The van der Waals surface area contributed by atoms with E-state index in [1.54, 1.807) is 6.92 Å². The van der Waals surface area contributed by atoms with Crippen molar-refractivity contribution in [3.05, 3.63) is 0 Å². The van der Waals surface area contributed by atoms with Gasteiger partial charge in [0.25, 0.3) is 0 Å². The maximum absolute atomic E-state index is 12.1. The number of ketones is 1. The topological polar surface area (TPSA) is 83.6 Å². The monoisotopic (exact) mass is 318 g/mol. The van der Waals surface area contributed by atoms with Crippen LogP contribution in [0.25, 0.3) is 0 Å². The lowest BCUT2D eigenvalue weighted by atomic mass is 10.1. The van der Waals surface area contributed by atoms with Gasteiger partial charge in [0.15, 0.2) is 5.78 Å². The Kier molecular flexibility index (Phi) is 6.80. The lowest BCUT2D eigenvalue weighted by Crippen LogP contribution is -2.44. The van der Waals surface area contributed by atoms with E-state index in [0.29, 0.717) is 31.7 Å². The first-order valence-electron chi connectivity index (χ1n) is 7.56. The molecule has 1 aliphatic rings. The van der Waals surface area contributed by atoms with Crippen molar-refractivity contribution in [2.75, 3.05) is 18.8 Å². The number of carbonyl (C=O) groups is 2. The van der Waals surface area contributed by atoms with E-state index in [0.717, 1.165) is 6.42 Å². The largest absolute Gasteiger partial charge is 0.346 e. The van der Waals surface area contributed by atoms with E-state index in [2.05, 4.69) is 5.32 Å². The van der Waals surface area contributed by atoms with Crippen molar-refractivity contribution in [1.29, 1.82) is 0 Å². The fourth-order valence-electron chi connectivity index (χ4n) is 2.25. The van der Waals surface area contributed by atoms with Crippen LogP contribution < -0.4 is 5.32 Å². The van der Waals surface area contributed by atoms with Gasteiger partial charge in [0.1, 0.15) is 0 Å². The maximum Gasteiger partial charge on any atom is 0.220 e. The van der Waals surface area contributed by atoms with Gasteiger partial charge >= 0.3 is 0 Å². The van der Waals surface area contributed by atoms with Crippen LogP contribution in [0.15, 0.2) is 0 Å². The molecule has 1 heterocycles. The van der Waals surface area contributed by atoms with Gasteiger partial charge in [0.05, 0.1) is 18.3 Å². The third-order valence-electron chi connectivity index (χ3n) is 3.66. The van der Waals surface area contributed by atoms with Crippen LogP contribution in [0.4, 0.5) is 0 Å². The van der Waals surface area contributed by atoms with Crippen LogP contribution in [0.1, 0.15) is 46.5 Å². The minimum atomic E-state index is -3.35. The number of hydrogen-bond acceptors (Lipinski definition) is 4. The number of amides is 1.